The third kappa shape index (κ3) is 5.55. The maximum atomic E-state index is 13.4. The van der Waals surface area contributed by atoms with Crippen LogP contribution in [0, 0.1) is 5.82 Å². The van der Waals surface area contributed by atoms with E-state index < -0.39 is 0 Å². The fourth-order valence-electron chi connectivity index (χ4n) is 3.75. The molecule has 0 radical (unpaired) electrons. The minimum atomic E-state index is -0.199. The Hall–Kier alpha value is -2.40. The summed E-state index contributed by atoms with van der Waals surface area (Å²) in [6, 6.07) is 17.4. The van der Waals surface area contributed by atoms with E-state index in [1.807, 2.05) is 18.2 Å². The van der Waals surface area contributed by atoms with Crippen LogP contribution in [0.1, 0.15) is 30.4 Å². The van der Waals surface area contributed by atoms with Crippen LogP contribution in [-0.2, 0) is 16.6 Å². The minimum absolute atomic E-state index is 0.0619. The predicted molar refractivity (Wildman–Crippen MR) is 112 cm³/mol. The van der Waals surface area contributed by atoms with E-state index >= 15 is 0 Å². The monoisotopic (exact) mass is 383 g/mol. The molecule has 0 aliphatic carbocycles. The van der Waals surface area contributed by atoms with Crippen LogP contribution in [0.2, 0.25) is 0 Å². The van der Waals surface area contributed by atoms with Crippen molar-refractivity contribution in [1.29, 1.82) is 0 Å². The van der Waals surface area contributed by atoms with Gasteiger partial charge in [-0.05, 0) is 48.9 Å². The molecule has 0 spiro atoms. The molecular weight excluding hydrogens is 353 g/mol. The molecule has 150 valence electrons. The van der Waals surface area contributed by atoms with E-state index in [0.29, 0.717) is 0 Å². The van der Waals surface area contributed by atoms with E-state index in [1.54, 1.807) is 19.2 Å². The molecule has 1 heterocycles. The minimum Gasteiger partial charge on any atom is -0.381 e. The predicted octanol–water partition coefficient (Wildman–Crippen LogP) is 3.67. The van der Waals surface area contributed by atoms with Gasteiger partial charge in [0, 0.05) is 38.8 Å². The summed E-state index contributed by atoms with van der Waals surface area (Å²) in [6.07, 6.45) is 3.91. The average Bonchev–Trinajstić information content (AvgIpc) is 2.75. The third-order valence-electron chi connectivity index (χ3n) is 5.50. The zero-order valence-electron chi connectivity index (χ0n) is 16.6. The van der Waals surface area contributed by atoms with Gasteiger partial charge in [-0.1, -0.05) is 42.5 Å². The molecule has 1 aliphatic rings. The lowest BCUT2D eigenvalue weighted by atomic mass is 9.74. The first-order chi connectivity index (χ1) is 13.7. The zero-order valence-corrected chi connectivity index (χ0v) is 16.6. The molecule has 0 bridgehead atoms. The molecule has 2 N–H and O–H groups in total. The van der Waals surface area contributed by atoms with Crippen LogP contribution in [0.4, 0.5) is 4.39 Å². The lowest BCUT2D eigenvalue weighted by Crippen LogP contribution is -2.48. The van der Waals surface area contributed by atoms with Gasteiger partial charge in [-0.15, -0.1) is 0 Å². The summed E-state index contributed by atoms with van der Waals surface area (Å²) < 4.78 is 19.0. The van der Waals surface area contributed by atoms with Crippen molar-refractivity contribution in [2.75, 3.05) is 33.4 Å². The Bertz CT molecular complexity index is 740. The van der Waals surface area contributed by atoms with Gasteiger partial charge < -0.3 is 15.4 Å². The van der Waals surface area contributed by atoms with Crippen LogP contribution in [0.15, 0.2) is 59.6 Å². The molecule has 1 aliphatic heterocycles. The molecule has 0 atom stereocenters. The Kier molecular flexibility index (Phi) is 7.43. The second-order valence-electron chi connectivity index (χ2n) is 7.34. The molecule has 0 unspecified atom stereocenters. The van der Waals surface area contributed by atoms with Gasteiger partial charge in [0.1, 0.15) is 5.82 Å². The summed E-state index contributed by atoms with van der Waals surface area (Å²) in [5, 5.41) is 6.89. The Labute approximate surface area is 167 Å². The van der Waals surface area contributed by atoms with Crippen LogP contribution in [0.5, 0.6) is 0 Å². The Morgan fingerprint density at radius 3 is 2.43 bits per heavy atom. The van der Waals surface area contributed by atoms with Crippen LogP contribution >= 0.6 is 0 Å². The topological polar surface area (TPSA) is 45.7 Å². The maximum Gasteiger partial charge on any atom is 0.191 e. The van der Waals surface area contributed by atoms with Crippen molar-refractivity contribution in [3.8, 4) is 0 Å². The molecule has 0 amide bonds. The van der Waals surface area contributed by atoms with E-state index in [4.69, 9.17) is 4.74 Å². The number of aliphatic imine (C=N–C) groups is 1. The average molecular weight is 384 g/mol. The molecule has 2 aromatic rings. The number of guanidine groups is 1. The number of hydrogen-bond acceptors (Lipinski definition) is 2. The van der Waals surface area contributed by atoms with Crippen molar-refractivity contribution in [1.82, 2.24) is 10.6 Å². The molecule has 5 heteroatoms. The normalized spacial score (nSPS) is 16.6. The molecule has 3 rings (SSSR count). The standard InChI is InChI=1S/C23H30FN3O/c1-25-22(26-15-5-8-19-6-3-2-4-7-19)27-18-23(13-16-28-17-14-23)20-9-11-21(24)12-10-20/h2-4,6-7,9-12H,5,8,13-18H2,1H3,(H2,25,26,27). The van der Waals surface area contributed by atoms with E-state index in [-0.39, 0.29) is 11.2 Å². The lowest BCUT2D eigenvalue weighted by Gasteiger charge is -2.38. The highest BCUT2D eigenvalue weighted by Gasteiger charge is 2.34. The van der Waals surface area contributed by atoms with Crippen LogP contribution < -0.4 is 10.6 Å². The first-order valence-corrected chi connectivity index (χ1v) is 10.0. The summed E-state index contributed by atoms with van der Waals surface area (Å²) in [4.78, 5) is 4.36. The van der Waals surface area contributed by atoms with Crippen LogP contribution in [0.25, 0.3) is 0 Å². The van der Waals surface area contributed by atoms with Gasteiger partial charge in [0.25, 0.3) is 0 Å². The smallest absolute Gasteiger partial charge is 0.191 e. The summed E-state index contributed by atoms with van der Waals surface area (Å²) in [7, 11) is 1.79. The number of benzene rings is 2. The lowest BCUT2D eigenvalue weighted by molar-refractivity contribution is 0.0513. The number of rotatable bonds is 7. The van der Waals surface area contributed by atoms with Gasteiger partial charge in [-0.2, -0.15) is 0 Å². The molecular formula is C23H30FN3O. The van der Waals surface area contributed by atoms with Crippen molar-refractivity contribution in [2.45, 2.75) is 31.1 Å². The highest BCUT2D eigenvalue weighted by Crippen LogP contribution is 2.34. The summed E-state index contributed by atoms with van der Waals surface area (Å²) in [5.74, 6) is 0.607. The van der Waals surface area contributed by atoms with Gasteiger partial charge in [0.05, 0.1) is 0 Å². The van der Waals surface area contributed by atoms with Gasteiger partial charge in [-0.3, -0.25) is 4.99 Å². The van der Waals surface area contributed by atoms with E-state index in [2.05, 4.69) is 39.9 Å². The first-order valence-electron chi connectivity index (χ1n) is 10.0. The van der Waals surface area contributed by atoms with Crippen LogP contribution in [-0.4, -0.2) is 39.3 Å². The first kappa shape index (κ1) is 20.3. The number of nitrogens with zero attached hydrogens (tertiary/aromatic N) is 1. The van der Waals surface area contributed by atoms with Gasteiger partial charge >= 0.3 is 0 Å². The highest BCUT2D eigenvalue weighted by molar-refractivity contribution is 5.79. The largest absolute Gasteiger partial charge is 0.381 e. The summed E-state index contributed by atoms with van der Waals surface area (Å²) in [5.41, 5.74) is 2.45. The van der Waals surface area contributed by atoms with E-state index in [0.717, 1.165) is 63.5 Å². The molecule has 0 aromatic heterocycles. The Balaban J connectivity index is 1.53. The van der Waals surface area contributed by atoms with E-state index in [1.165, 1.54) is 5.56 Å². The van der Waals surface area contributed by atoms with Crippen molar-refractivity contribution in [3.05, 3.63) is 71.5 Å². The number of aryl methyl sites for hydroxylation is 1. The molecule has 2 aromatic carbocycles. The molecule has 1 saturated heterocycles. The number of hydrogen-bond donors (Lipinski definition) is 2. The molecule has 4 nitrogen and oxygen atoms in total. The maximum absolute atomic E-state index is 13.4. The van der Waals surface area contributed by atoms with Gasteiger partial charge in [0.2, 0.25) is 0 Å². The number of halogens is 1. The van der Waals surface area contributed by atoms with Crippen molar-refractivity contribution >= 4 is 5.96 Å². The quantitative estimate of drug-likeness (QED) is 0.436. The Morgan fingerprint density at radius 1 is 1.04 bits per heavy atom. The second kappa shape index (κ2) is 10.2. The highest BCUT2D eigenvalue weighted by atomic mass is 19.1. The molecule has 28 heavy (non-hydrogen) atoms. The SMILES string of the molecule is CN=C(NCCCc1ccccc1)NCC1(c2ccc(F)cc2)CCOCC1. The fraction of sp³-hybridized carbons (Fsp3) is 0.435. The zero-order chi connectivity index (χ0) is 19.7. The van der Waals surface area contributed by atoms with Crippen molar-refractivity contribution in [2.24, 2.45) is 4.99 Å². The van der Waals surface area contributed by atoms with E-state index in [9.17, 15) is 4.39 Å². The number of nitrogens with one attached hydrogen (secondary N) is 2. The Morgan fingerprint density at radius 2 is 1.75 bits per heavy atom. The molecule has 1 fully saturated rings. The van der Waals surface area contributed by atoms with Crippen LogP contribution in [0.3, 0.4) is 0 Å². The molecule has 0 saturated carbocycles. The summed E-state index contributed by atoms with van der Waals surface area (Å²) in [6.45, 7) is 3.06. The van der Waals surface area contributed by atoms with Crippen molar-refractivity contribution < 1.29 is 9.13 Å². The number of ether oxygens (including phenoxy) is 1. The van der Waals surface area contributed by atoms with Crippen molar-refractivity contribution in [3.63, 3.8) is 0 Å². The second-order valence-corrected chi connectivity index (χ2v) is 7.34. The summed E-state index contributed by atoms with van der Waals surface area (Å²) >= 11 is 0. The fourth-order valence-corrected chi connectivity index (χ4v) is 3.75. The third-order valence-corrected chi connectivity index (χ3v) is 5.50. The van der Waals surface area contributed by atoms with Gasteiger partial charge in [0.15, 0.2) is 5.96 Å². The van der Waals surface area contributed by atoms with Gasteiger partial charge in [-0.25, -0.2) is 4.39 Å².